The number of carbonyl (C=O) groups excluding carboxylic acids is 1. The van der Waals surface area contributed by atoms with Gasteiger partial charge < -0.3 is 14.7 Å². The molecule has 0 bridgehead atoms. The van der Waals surface area contributed by atoms with Gasteiger partial charge in [0.05, 0.1) is 12.8 Å². The molecule has 2 N–H and O–H groups in total. The number of hydrogen-bond donors (Lipinski definition) is 2. The van der Waals surface area contributed by atoms with Gasteiger partial charge in [-0.05, 0) is 32.9 Å². The summed E-state index contributed by atoms with van der Waals surface area (Å²) in [6.45, 7) is 5.38. The molecule has 2 aromatic rings. The minimum absolute atomic E-state index is 0.0300. The molecule has 0 saturated carbocycles. The molecule has 0 aliphatic heterocycles. The van der Waals surface area contributed by atoms with E-state index in [1.165, 1.54) is 6.26 Å². The highest BCUT2D eigenvalue weighted by molar-refractivity contribution is 5.93. The fourth-order valence-corrected chi connectivity index (χ4v) is 1.78. The summed E-state index contributed by atoms with van der Waals surface area (Å²) < 4.78 is 6.04. The van der Waals surface area contributed by atoms with Crippen LogP contribution in [0.15, 0.2) is 38.6 Å². The van der Waals surface area contributed by atoms with Crippen LogP contribution in [0.4, 0.5) is 0 Å². The quantitative estimate of drug-likeness (QED) is 0.870. The van der Waals surface area contributed by atoms with E-state index in [1.807, 2.05) is 0 Å². The Bertz CT molecular complexity index is 748. The third-order valence-corrected chi connectivity index (χ3v) is 2.69. The average Bonchev–Trinajstić information content (AvgIpc) is 2.85. The van der Waals surface area contributed by atoms with Gasteiger partial charge in [-0.2, -0.15) is 0 Å². The predicted molar refractivity (Wildman–Crippen MR) is 76.4 cm³/mol. The highest BCUT2D eigenvalue weighted by Gasteiger charge is 2.20. The number of carbonyl (C=O) groups is 1. The van der Waals surface area contributed by atoms with E-state index in [-0.39, 0.29) is 12.1 Å². The molecule has 112 valence electrons. The third-order valence-electron chi connectivity index (χ3n) is 2.69. The summed E-state index contributed by atoms with van der Waals surface area (Å²) >= 11 is 0. The molecule has 0 fully saturated rings. The number of nitrogens with zero attached hydrogens (tertiary/aromatic N) is 1. The Kier molecular flexibility index (Phi) is 3.84. The summed E-state index contributed by atoms with van der Waals surface area (Å²) in [6, 6.07) is 3.30. The lowest BCUT2D eigenvalue weighted by Gasteiger charge is -2.20. The van der Waals surface area contributed by atoms with E-state index in [0.29, 0.717) is 5.76 Å². The lowest BCUT2D eigenvalue weighted by molar-refractivity contribution is 0.0916. The van der Waals surface area contributed by atoms with Crippen molar-refractivity contribution in [1.82, 2.24) is 14.9 Å². The van der Waals surface area contributed by atoms with Crippen molar-refractivity contribution in [3.8, 4) is 0 Å². The number of amides is 1. The Labute approximate surface area is 120 Å². The monoisotopic (exact) mass is 291 g/mol. The second-order valence-electron chi connectivity index (χ2n) is 5.68. The molecule has 2 rings (SSSR count). The van der Waals surface area contributed by atoms with Crippen LogP contribution in [0.2, 0.25) is 0 Å². The van der Waals surface area contributed by atoms with Crippen LogP contribution in [0, 0.1) is 0 Å². The number of rotatable bonds is 3. The molecule has 0 aromatic carbocycles. The summed E-state index contributed by atoms with van der Waals surface area (Å²) in [4.78, 5) is 38.5. The van der Waals surface area contributed by atoms with Gasteiger partial charge in [-0.15, -0.1) is 0 Å². The van der Waals surface area contributed by atoms with Gasteiger partial charge in [-0.1, -0.05) is 0 Å². The summed E-state index contributed by atoms with van der Waals surface area (Å²) in [5.74, 6) is -0.0760. The average molecular weight is 291 g/mol. The molecular formula is C14H17N3O4. The van der Waals surface area contributed by atoms with E-state index >= 15 is 0 Å². The Balaban J connectivity index is 2.40. The molecule has 2 heterocycles. The largest absolute Gasteiger partial charge is 0.467 e. The Morgan fingerprint density at radius 2 is 2.10 bits per heavy atom. The Morgan fingerprint density at radius 3 is 2.67 bits per heavy atom. The van der Waals surface area contributed by atoms with Gasteiger partial charge in [0.1, 0.15) is 11.3 Å². The lowest BCUT2D eigenvalue weighted by atomic mass is 10.1. The first-order valence-corrected chi connectivity index (χ1v) is 6.45. The summed E-state index contributed by atoms with van der Waals surface area (Å²) in [6.07, 6.45) is 2.58. The van der Waals surface area contributed by atoms with Gasteiger partial charge in [0.25, 0.3) is 11.5 Å². The maximum absolute atomic E-state index is 12.3. The zero-order valence-corrected chi connectivity index (χ0v) is 12.1. The molecule has 0 aliphatic rings. The molecule has 7 nitrogen and oxygen atoms in total. The van der Waals surface area contributed by atoms with E-state index in [9.17, 15) is 14.4 Å². The number of nitrogens with one attached hydrogen (secondary N) is 2. The highest BCUT2D eigenvalue weighted by Crippen LogP contribution is 2.02. The first kappa shape index (κ1) is 14.8. The van der Waals surface area contributed by atoms with E-state index in [4.69, 9.17) is 4.42 Å². The Hall–Kier alpha value is -2.57. The van der Waals surface area contributed by atoms with Crippen LogP contribution in [0.5, 0.6) is 0 Å². The number of furan rings is 1. The molecule has 21 heavy (non-hydrogen) atoms. The minimum Gasteiger partial charge on any atom is -0.467 e. The van der Waals surface area contributed by atoms with Crippen molar-refractivity contribution in [3.63, 3.8) is 0 Å². The van der Waals surface area contributed by atoms with Crippen LogP contribution in [-0.2, 0) is 6.54 Å². The van der Waals surface area contributed by atoms with Gasteiger partial charge in [-0.25, -0.2) is 4.79 Å². The summed E-state index contributed by atoms with van der Waals surface area (Å²) in [5, 5.41) is 2.68. The second kappa shape index (κ2) is 5.43. The molecule has 0 atom stereocenters. The Morgan fingerprint density at radius 1 is 1.38 bits per heavy atom. The number of aromatic nitrogens is 2. The molecule has 0 unspecified atom stereocenters. The van der Waals surface area contributed by atoms with Gasteiger partial charge in [0.15, 0.2) is 0 Å². The van der Waals surface area contributed by atoms with Crippen molar-refractivity contribution in [1.29, 1.82) is 0 Å². The van der Waals surface area contributed by atoms with Gasteiger partial charge in [0, 0.05) is 11.7 Å². The molecule has 0 spiro atoms. The van der Waals surface area contributed by atoms with Crippen molar-refractivity contribution in [2.45, 2.75) is 32.9 Å². The zero-order chi connectivity index (χ0) is 15.6. The SMILES string of the molecule is CC(C)(C)NC(=O)c1c[nH]c(=O)n(Cc2ccco2)c1=O. The van der Waals surface area contributed by atoms with Crippen molar-refractivity contribution < 1.29 is 9.21 Å². The van der Waals surface area contributed by atoms with E-state index in [2.05, 4.69) is 10.3 Å². The van der Waals surface area contributed by atoms with Crippen molar-refractivity contribution in [2.24, 2.45) is 0 Å². The van der Waals surface area contributed by atoms with Crippen LogP contribution in [0.3, 0.4) is 0 Å². The predicted octanol–water partition coefficient (Wildman–Crippen LogP) is 0.706. The third kappa shape index (κ3) is 3.50. The van der Waals surface area contributed by atoms with E-state index in [0.717, 1.165) is 10.8 Å². The number of H-pyrrole nitrogens is 1. The van der Waals surface area contributed by atoms with Gasteiger partial charge in [0.2, 0.25) is 0 Å². The first-order chi connectivity index (χ1) is 9.78. The zero-order valence-electron chi connectivity index (χ0n) is 12.1. The van der Waals surface area contributed by atoms with Crippen LogP contribution in [0.1, 0.15) is 36.9 Å². The van der Waals surface area contributed by atoms with Crippen LogP contribution in [-0.4, -0.2) is 21.0 Å². The van der Waals surface area contributed by atoms with E-state index < -0.39 is 22.7 Å². The molecule has 7 heteroatoms. The highest BCUT2D eigenvalue weighted by atomic mass is 16.3. The van der Waals surface area contributed by atoms with E-state index in [1.54, 1.807) is 32.9 Å². The molecule has 0 radical (unpaired) electrons. The van der Waals surface area contributed by atoms with Gasteiger partial charge >= 0.3 is 5.69 Å². The van der Waals surface area contributed by atoms with Crippen molar-refractivity contribution in [3.05, 3.63) is 56.8 Å². The van der Waals surface area contributed by atoms with Crippen molar-refractivity contribution in [2.75, 3.05) is 0 Å². The smallest absolute Gasteiger partial charge is 0.328 e. The number of hydrogen-bond acceptors (Lipinski definition) is 4. The number of aromatic amines is 1. The fourth-order valence-electron chi connectivity index (χ4n) is 1.78. The molecule has 1 amide bonds. The maximum atomic E-state index is 12.3. The molecule has 0 aliphatic carbocycles. The standard InChI is InChI=1S/C14H17N3O4/c1-14(2,3)16-11(18)10-7-15-13(20)17(12(10)19)8-9-5-4-6-21-9/h4-7H,8H2,1-3H3,(H,15,20)(H,16,18). The maximum Gasteiger partial charge on any atom is 0.328 e. The molecule has 2 aromatic heterocycles. The van der Waals surface area contributed by atoms with Crippen molar-refractivity contribution >= 4 is 5.91 Å². The van der Waals surface area contributed by atoms with Crippen LogP contribution < -0.4 is 16.6 Å². The fraction of sp³-hybridized carbons (Fsp3) is 0.357. The topological polar surface area (TPSA) is 97.1 Å². The summed E-state index contributed by atoms with van der Waals surface area (Å²) in [5.41, 5.74) is -1.84. The first-order valence-electron chi connectivity index (χ1n) is 6.45. The van der Waals surface area contributed by atoms with Gasteiger partial charge in [-0.3, -0.25) is 14.2 Å². The van der Waals surface area contributed by atoms with Crippen LogP contribution in [0.25, 0.3) is 0 Å². The van der Waals surface area contributed by atoms with Crippen LogP contribution >= 0.6 is 0 Å². The molecular weight excluding hydrogens is 274 g/mol. The minimum atomic E-state index is -0.656. The summed E-state index contributed by atoms with van der Waals surface area (Å²) in [7, 11) is 0. The molecule has 0 saturated heterocycles. The normalized spacial score (nSPS) is 11.4. The lowest BCUT2D eigenvalue weighted by Crippen LogP contribution is -2.45. The second-order valence-corrected chi connectivity index (χ2v) is 5.68.